The summed E-state index contributed by atoms with van der Waals surface area (Å²) in [6, 6.07) is 5.79. The molecule has 8 nitrogen and oxygen atoms in total. The van der Waals surface area contributed by atoms with Crippen molar-refractivity contribution in [2.75, 3.05) is 26.7 Å². The molecule has 11 heteroatoms. The molecule has 2 aliphatic heterocycles. The Morgan fingerprint density at radius 2 is 1.83 bits per heavy atom. The van der Waals surface area contributed by atoms with Crippen LogP contribution in [0, 0.1) is 11.7 Å². The number of aliphatic hydroxyl groups is 1. The van der Waals surface area contributed by atoms with Gasteiger partial charge in [-0.2, -0.15) is 0 Å². The largest absolute Gasteiger partial charge is 1.00 e. The van der Waals surface area contributed by atoms with Crippen LogP contribution in [0.1, 0.15) is 84.3 Å². The van der Waals surface area contributed by atoms with E-state index in [0.717, 1.165) is 75.3 Å². The van der Waals surface area contributed by atoms with Gasteiger partial charge in [0.15, 0.2) is 0 Å². The second kappa shape index (κ2) is 28.9. The van der Waals surface area contributed by atoms with Crippen molar-refractivity contribution in [3.63, 3.8) is 0 Å². The SMILES string of the molecule is C=CCCCC[N-]CC(=O)N1CCCC1[N-]C1C[C@@H]1C.CC.CC(C)O.CN1Cc2cccc(F)c2C1.O=CO.[K+].[Y]. The van der Waals surface area contributed by atoms with Gasteiger partial charge >= 0.3 is 51.4 Å². The van der Waals surface area contributed by atoms with Crippen LogP contribution in [0.15, 0.2) is 30.9 Å². The molecule has 2 fully saturated rings. The molecule has 4 rings (SSSR count). The number of benzene rings is 1. The standard InChI is InChI=1S/C16H27N3O.C9H10FN.C3H8O.C2H6.CH2O2.K.Y/c1-3-4-5-6-9-17-12-16(20)19-10-7-8-15(19)18-14-11-13(14)2;1-11-5-7-3-2-4-9(10)8(7)6-11;1-3(2)4;1-2;2-1-3;;/h3,13-15H,1,4-12H2,2H3;2-4H,5-6H2,1H3;3-4H,1-2H3;1-2H3;1H,(H,2,3);;/q-2;;;;;+1;/t13-,14?,15?;;;;;;/m0....../s1. The second-order valence-electron chi connectivity index (χ2n) is 10.3. The second-order valence-corrected chi connectivity index (χ2v) is 10.3. The Balaban J connectivity index is -0.000000584. The Morgan fingerprint density at radius 3 is 2.36 bits per heavy atom. The third kappa shape index (κ3) is 21.2. The fraction of sp³-hybridized carbons (Fsp3) is 0.677. The molecule has 0 bridgehead atoms. The van der Waals surface area contributed by atoms with E-state index in [9.17, 15) is 9.18 Å². The molecule has 2 N–H and O–H groups in total. The number of allylic oxidation sites excluding steroid dienone is 1. The number of unbranched alkanes of at least 4 members (excludes halogenated alkanes) is 2. The molecule has 1 aromatic carbocycles. The summed E-state index contributed by atoms with van der Waals surface area (Å²) in [6.45, 7) is 16.7. The van der Waals surface area contributed by atoms with Gasteiger partial charge in [-0.3, -0.25) is 14.5 Å². The summed E-state index contributed by atoms with van der Waals surface area (Å²) in [6.07, 6.45) is 8.42. The van der Waals surface area contributed by atoms with Gasteiger partial charge in [-0.25, -0.2) is 4.39 Å². The van der Waals surface area contributed by atoms with Crippen LogP contribution in [-0.4, -0.2) is 77.4 Å². The predicted molar refractivity (Wildman–Crippen MR) is 162 cm³/mol. The maximum Gasteiger partial charge on any atom is 1.00 e. The van der Waals surface area contributed by atoms with Crippen LogP contribution >= 0.6 is 0 Å². The molecule has 1 aliphatic carbocycles. The van der Waals surface area contributed by atoms with Crippen molar-refractivity contribution in [3.05, 3.63) is 58.4 Å². The fourth-order valence-corrected chi connectivity index (χ4v) is 4.25. The first-order valence-electron chi connectivity index (χ1n) is 14.6. The number of carboxylic acid groups (broad SMARTS) is 1. The van der Waals surface area contributed by atoms with Crippen LogP contribution in [0.3, 0.4) is 0 Å². The summed E-state index contributed by atoms with van der Waals surface area (Å²) in [7, 11) is 2.00. The molecule has 1 aromatic rings. The van der Waals surface area contributed by atoms with E-state index in [1.54, 1.807) is 19.9 Å². The van der Waals surface area contributed by atoms with Crippen LogP contribution < -0.4 is 51.4 Å². The van der Waals surface area contributed by atoms with Crippen molar-refractivity contribution in [1.82, 2.24) is 9.80 Å². The summed E-state index contributed by atoms with van der Waals surface area (Å²) < 4.78 is 13.0. The number of likely N-dealkylation sites (tertiary alicyclic amines) is 1. The van der Waals surface area contributed by atoms with Gasteiger partial charge < -0.3 is 25.7 Å². The van der Waals surface area contributed by atoms with Crippen LogP contribution in [0.4, 0.5) is 4.39 Å². The molecule has 3 aliphatic rings. The Bertz CT molecular complexity index is 850. The summed E-state index contributed by atoms with van der Waals surface area (Å²) in [4.78, 5) is 24.6. The molecule has 1 saturated carbocycles. The summed E-state index contributed by atoms with van der Waals surface area (Å²) in [5, 5.41) is 24.1. The van der Waals surface area contributed by atoms with Gasteiger partial charge in [0.25, 0.3) is 6.47 Å². The minimum atomic E-state index is -0.250. The van der Waals surface area contributed by atoms with E-state index in [-0.39, 0.29) is 115 Å². The van der Waals surface area contributed by atoms with Crippen molar-refractivity contribution >= 4 is 12.4 Å². The van der Waals surface area contributed by atoms with Crippen molar-refractivity contribution in [2.24, 2.45) is 5.92 Å². The van der Waals surface area contributed by atoms with E-state index in [2.05, 4.69) is 23.7 Å². The fourth-order valence-electron chi connectivity index (χ4n) is 4.25. The average Bonchev–Trinajstić information content (AvgIpc) is 3.25. The Morgan fingerprint density at radius 1 is 1.24 bits per heavy atom. The van der Waals surface area contributed by atoms with Gasteiger partial charge in [-0.1, -0.05) is 83.3 Å². The quantitative estimate of drug-likeness (QED) is 0.179. The molecule has 233 valence electrons. The molecule has 42 heavy (non-hydrogen) atoms. The van der Waals surface area contributed by atoms with Gasteiger partial charge in [-0.05, 0) is 45.4 Å². The smallest absolute Gasteiger partial charge is 0.654 e. The number of carbonyl (C=O) groups excluding carboxylic acids is 1. The molecule has 0 spiro atoms. The minimum Gasteiger partial charge on any atom is -0.654 e. The Kier molecular flexibility index (Phi) is 32.2. The van der Waals surface area contributed by atoms with Crippen molar-refractivity contribution < 1.29 is 108 Å². The van der Waals surface area contributed by atoms with E-state index >= 15 is 0 Å². The van der Waals surface area contributed by atoms with Crippen molar-refractivity contribution in [3.8, 4) is 0 Å². The average molecular weight is 693 g/mol. The van der Waals surface area contributed by atoms with Crippen LogP contribution in [0.5, 0.6) is 0 Å². The minimum absolute atomic E-state index is 0. The maximum absolute atomic E-state index is 13.0. The summed E-state index contributed by atoms with van der Waals surface area (Å²) in [5.74, 6) is 0.822. The molecule has 2 heterocycles. The van der Waals surface area contributed by atoms with Crippen LogP contribution in [0.25, 0.3) is 10.6 Å². The van der Waals surface area contributed by atoms with Crippen LogP contribution in [0.2, 0.25) is 0 Å². The number of fused-ring (bicyclic) bond motifs is 1. The number of halogens is 1. The van der Waals surface area contributed by atoms with Gasteiger partial charge in [0.2, 0.25) is 5.91 Å². The van der Waals surface area contributed by atoms with Crippen molar-refractivity contribution in [2.45, 2.75) is 105 Å². The van der Waals surface area contributed by atoms with E-state index in [1.165, 1.54) is 12.5 Å². The number of aliphatic hydroxyl groups excluding tert-OH is 1. The number of carbonyl (C=O) groups is 2. The molecular weight excluding hydrogens is 639 g/mol. The topological polar surface area (TPSA) is 109 Å². The Labute approximate surface area is 322 Å². The zero-order valence-corrected chi connectivity index (χ0v) is 33.1. The normalized spacial score (nSPS) is 19.4. The zero-order chi connectivity index (χ0) is 30.5. The summed E-state index contributed by atoms with van der Waals surface area (Å²) in [5.41, 5.74) is 2.00. The zero-order valence-electron chi connectivity index (χ0n) is 27.1. The molecule has 1 radical (unpaired) electrons. The maximum atomic E-state index is 13.0. The molecular formula is C31H53FKN4O4Y-. The van der Waals surface area contributed by atoms with E-state index < -0.39 is 0 Å². The monoisotopic (exact) mass is 692 g/mol. The number of rotatable bonds is 9. The van der Waals surface area contributed by atoms with Crippen LogP contribution in [-0.2, 0) is 55.4 Å². The van der Waals surface area contributed by atoms with Gasteiger partial charge in [0, 0.05) is 64.0 Å². The third-order valence-corrected chi connectivity index (χ3v) is 6.28. The van der Waals surface area contributed by atoms with Gasteiger partial charge in [-0.15, -0.1) is 19.2 Å². The summed E-state index contributed by atoms with van der Waals surface area (Å²) >= 11 is 0. The molecule has 3 atom stereocenters. The van der Waals surface area contributed by atoms with E-state index in [0.29, 0.717) is 12.6 Å². The molecule has 1 amide bonds. The first-order chi connectivity index (χ1) is 19.1. The first kappa shape index (κ1) is 46.8. The molecule has 2 unspecified atom stereocenters. The number of hydrogen-bond acceptors (Lipinski definition) is 4. The van der Waals surface area contributed by atoms with E-state index in [4.69, 9.17) is 20.3 Å². The first-order valence-corrected chi connectivity index (χ1v) is 14.6. The predicted octanol–water partition coefficient (Wildman–Crippen LogP) is 3.33. The molecule has 1 saturated heterocycles. The number of amides is 1. The molecule has 0 aromatic heterocycles. The Hall–Kier alpha value is 0.410. The van der Waals surface area contributed by atoms with Gasteiger partial charge in [0.05, 0.1) is 0 Å². The van der Waals surface area contributed by atoms with E-state index in [1.807, 2.05) is 37.9 Å². The third-order valence-electron chi connectivity index (χ3n) is 6.28. The van der Waals surface area contributed by atoms with Gasteiger partial charge in [0.1, 0.15) is 5.82 Å². The van der Waals surface area contributed by atoms with Crippen molar-refractivity contribution in [1.29, 1.82) is 0 Å². The number of nitrogens with zero attached hydrogens (tertiary/aromatic N) is 4. The number of hydrogen-bond donors (Lipinski definition) is 2.